The van der Waals surface area contributed by atoms with Crippen molar-refractivity contribution in [1.29, 1.82) is 0 Å². The van der Waals surface area contributed by atoms with Gasteiger partial charge in [0.25, 0.3) is 0 Å². The van der Waals surface area contributed by atoms with Crippen LogP contribution in [0.25, 0.3) is 0 Å². The molecule has 0 bridgehead atoms. The molecule has 23 heavy (non-hydrogen) atoms. The van der Waals surface area contributed by atoms with E-state index in [9.17, 15) is 9.59 Å². The first-order valence-electron chi connectivity index (χ1n) is 7.71. The van der Waals surface area contributed by atoms with Gasteiger partial charge in [0.05, 0.1) is 10.7 Å². The van der Waals surface area contributed by atoms with Gasteiger partial charge in [-0.25, -0.2) is 4.99 Å². The van der Waals surface area contributed by atoms with Gasteiger partial charge in [-0.2, -0.15) is 0 Å². The Kier molecular flexibility index (Phi) is 4.02. The molecule has 2 aliphatic heterocycles. The van der Waals surface area contributed by atoms with Gasteiger partial charge < -0.3 is 4.90 Å². The zero-order valence-corrected chi connectivity index (χ0v) is 13.9. The highest BCUT2D eigenvalue weighted by atomic mass is 35.5. The van der Waals surface area contributed by atoms with E-state index in [0.29, 0.717) is 37.2 Å². The number of nitrogens with one attached hydrogen (secondary N) is 1. The average molecular weight is 335 g/mol. The van der Waals surface area contributed by atoms with Crippen molar-refractivity contribution in [1.82, 2.24) is 10.2 Å². The van der Waals surface area contributed by atoms with Crippen molar-refractivity contribution in [2.24, 2.45) is 10.4 Å². The van der Waals surface area contributed by atoms with Crippen molar-refractivity contribution >= 4 is 35.1 Å². The van der Waals surface area contributed by atoms with E-state index < -0.39 is 5.41 Å². The smallest absolute Gasteiger partial charge is 0.246 e. The molecule has 122 valence electrons. The number of hydrogen-bond donors (Lipinski definition) is 1. The van der Waals surface area contributed by atoms with Crippen LogP contribution in [-0.2, 0) is 9.59 Å². The molecular formula is C16H19ClN4O2. The summed E-state index contributed by atoms with van der Waals surface area (Å²) in [7, 11) is 0. The highest BCUT2D eigenvalue weighted by Gasteiger charge is 2.51. The minimum absolute atomic E-state index is 0.193. The monoisotopic (exact) mass is 334 g/mol. The molecule has 2 heterocycles. The number of rotatable bonds is 3. The van der Waals surface area contributed by atoms with Crippen molar-refractivity contribution in [3.8, 4) is 0 Å². The summed E-state index contributed by atoms with van der Waals surface area (Å²) < 4.78 is 0. The predicted molar refractivity (Wildman–Crippen MR) is 89.1 cm³/mol. The second-order valence-corrected chi connectivity index (χ2v) is 6.14. The Balaban J connectivity index is 1.94. The normalized spacial score (nSPS) is 20.0. The van der Waals surface area contributed by atoms with Crippen molar-refractivity contribution in [3.05, 3.63) is 29.3 Å². The zero-order chi connectivity index (χ0) is 16.6. The molecule has 0 aromatic heterocycles. The molecule has 1 N–H and O–H groups in total. The molecule has 1 fully saturated rings. The predicted octanol–water partition coefficient (Wildman–Crippen LogP) is 2.20. The lowest BCUT2D eigenvalue weighted by atomic mass is 9.78. The van der Waals surface area contributed by atoms with Gasteiger partial charge in [0, 0.05) is 0 Å². The highest BCUT2D eigenvalue weighted by molar-refractivity contribution is 6.33. The number of aliphatic imine (C=N–C) groups is 1. The van der Waals surface area contributed by atoms with Crippen LogP contribution in [0.4, 0.5) is 5.69 Å². The first kappa shape index (κ1) is 15.8. The van der Waals surface area contributed by atoms with Crippen LogP contribution in [0.15, 0.2) is 29.3 Å². The van der Waals surface area contributed by atoms with Gasteiger partial charge in [0.1, 0.15) is 18.8 Å². The fourth-order valence-electron chi connectivity index (χ4n) is 3.10. The van der Waals surface area contributed by atoms with E-state index in [2.05, 4.69) is 10.3 Å². The number of fused-ring (bicyclic) bond motifs is 1. The summed E-state index contributed by atoms with van der Waals surface area (Å²) in [6.07, 6.45) is 0.925. The second-order valence-electron chi connectivity index (χ2n) is 5.73. The molecule has 1 aromatic rings. The summed E-state index contributed by atoms with van der Waals surface area (Å²) in [6, 6.07) is 7.44. The van der Waals surface area contributed by atoms with Crippen LogP contribution in [0, 0.1) is 5.41 Å². The van der Waals surface area contributed by atoms with Gasteiger partial charge in [-0.05, 0) is 25.0 Å². The van der Waals surface area contributed by atoms with Gasteiger partial charge in [0.2, 0.25) is 17.8 Å². The third-order valence-corrected chi connectivity index (χ3v) is 4.99. The summed E-state index contributed by atoms with van der Waals surface area (Å²) in [6.45, 7) is 4.38. The Morgan fingerprint density at radius 1 is 1.26 bits per heavy atom. The summed E-state index contributed by atoms with van der Waals surface area (Å²) >= 11 is 6.24. The molecular weight excluding hydrogens is 316 g/mol. The number of hydrogen-bond acceptors (Lipinski definition) is 4. The largest absolute Gasteiger partial charge is 0.332 e. The number of guanidine groups is 1. The first-order chi connectivity index (χ1) is 11.0. The molecule has 2 aliphatic rings. The maximum Gasteiger partial charge on any atom is 0.246 e. The Labute approximate surface area is 140 Å². The molecule has 0 unspecified atom stereocenters. The molecule has 6 nitrogen and oxygen atoms in total. The third-order valence-electron chi connectivity index (χ3n) is 4.67. The molecule has 1 aromatic carbocycles. The molecule has 0 spiro atoms. The van der Waals surface area contributed by atoms with Gasteiger partial charge >= 0.3 is 0 Å². The number of carbonyl (C=O) groups excluding carboxylic acids is 2. The SMILES string of the molecule is CCC1(CC)C(=O)NC2=NCN(c3ccccc3Cl)CN2C1=O. The number of anilines is 1. The number of nitrogens with zero attached hydrogens (tertiary/aromatic N) is 3. The van der Waals surface area contributed by atoms with E-state index in [0.717, 1.165) is 5.69 Å². The van der Waals surface area contributed by atoms with Crippen molar-refractivity contribution in [3.63, 3.8) is 0 Å². The quantitative estimate of drug-likeness (QED) is 0.862. The van der Waals surface area contributed by atoms with Crippen molar-refractivity contribution < 1.29 is 9.59 Å². The second kappa shape index (κ2) is 5.85. The van der Waals surface area contributed by atoms with Gasteiger partial charge in [-0.3, -0.25) is 19.8 Å². The third kappa shape index (κ3) is 2.37. The first-order valence-corrected chi connectivity index (χ1v) is 8.08. The molecule has 2 amide bonds. The fourth-order valence-corrected chi connectivity index (χ4v) is 3.35. The van der Waals surface area contributed by atoms with Crippen LogP contribution >= 0.6 is 11.6 Å². The molecule has 0 atom stereocenters. The molecule has 3 rings (SSSR count). The van der Waals surface area contributed by atoms with E-state index in [-0.39, 0.29) is 11.8 Å². The molecule has 0 aliphatic carbocycles. The summed E-state index contributed by atoms with van der Waals surface area (Å²) in [5.41, 5.74) is -0.192. The number of benzene rings is 1. The lowest BCUT2D eigenvalue weighted by molar-refractivity contribution is -0.151. The van der Waals surface area contributed by atoms with Crippen LogP contribution in [0.1, 0.15) is 26.7 Å². The minimum Gasteiger partial charge on any atom is -0.332 e. The molecule has 0 radical (unpaired) electrons. The van der Waals surface area contributed by atoms with Crippen molar-refractivity contribution in [2.45, 2.75) is 26.7 Å². The maximum absolute atomic E-state index is 12.9. The Morgan fingerprint density at radius 2 is 1.96 bits per heavy atom. The molecule has 7 heteroatoms. The molecule has 1 saturated heterocycles. The number of carbonyl (C=O) groups is 2. The summed E-state index contributed by atoms with van der Waals surface area (Å²) in [5, 5.41) is 3.39. The van der Waals surface area contributed by atoms with Crippen LogP contribution in [0.2, 0.25) is 5.02 Å². The van der Waals surface area contributed by atoms with E-state index >= 15 is 0 Å². The van der Waals surface area contributed by atoms with Crippen LogP contribution in [0.5, 0.6) is 0 Å². The number of amides is 2. The number of para-hydroxylation sites is 1. The van der Waals surface area contributed by atoms with Crippen LogP contribution in [0.3, 0.4) is 0 Å². The highest BCUT2D eigenvalue weighted by Crippen LogP contribution is 2.34. The lowest BCUT2D eigenvalue weighted by Gasteiger charge is -2.44. The van der Waals surface area contributed by atoms with Crippen LogP contribution < -0.4 is 10.2 Å². The summed E-state index contributed by atoms with van der Waals surface area (Å²) in [5.74, 6) is -0.115. The Hall–Kier alpha value is -2.08. The minimum atomic E-state index is -1.01. The topological polar surface area (TPSA) is 65.0 Å². The van der Waals surface area contributed by atoms with Crippen LogP contribution in [-0.4, -0.2) is 36.0 Å². The van der Waals surface area contributed by atoms with E-state index in [4.69, 9.17) is 11.6 Å². The summed E-state index contributed by atoms with van der Waals surface area (Å²) in [4.78, 5) is 33.1. The average Bonchev–Trinajstić information content (AvgIpc) is 2.56. The van der Waals surface area contributed by atoms with E-state index in [1.165, 1.54) is 0 Å². The van der Waals surface area contributed by atoms with E-state index in [1.54, 1.807) is 11.0 Å². The Bertz CT molecular complexity index is 684. The van der Waals surface area contributed by atoms with Gasteiger partial charge in [-0.15, -0.1) is 0 Å². The van der Waals surface area contributed by atoms with E-state index in [1.807, 2.05) is 36.9 Å². The molecule has 0 saturated carbocycles. The number of halogens is 1. The lowest BCUT2D eigenvalue weighted by Crippen LogP contribution is -2.67. The Morgan fingerprint density at radius 3 is 2.61 bits per heavy atom. The van der Waals surface area contributed by atoms with Crippen molar-refractivity contribution in [2.75, 3.05) is 18.2 Å². The maximum atomic E-state index is 12.9. The zero-order valence-electron chi connectivity index (χ0n) is 13.2. The van der Waals surface area contributed by atoms with Gasteiger partial charge in [-0.1, -0.05) is 37.6 Å². The standard InChI is InChI=1S/C16H19ClN4O2/c1-3-16(4-2)13(22)19-15-18-9-20(10-21(15)14(16)23)12-8-6-5-7-11(12)17/h5-8H,3-4,9-10H2,1-2H3,(H,18,19,22). The van der Waals surface area contributed by atoms with Gasteiger partial charge in [0.15, 0.2) is 0 Å². The fraction of sp³-hybridized carbons (Fsp3) is 0.438.